The molecule has 0 spiro atoms. The SMILES string of the molecule is CCCCCC(CN(O)C=O)C(=O)NNc1nnc2ccccc2n1. The Morgan fingerprint density at radius 3 is 2.76 bits per heavy atom. The van der Waals surface area contributed by atoms with Crippen LogP contribution in [0.2, 0.25) is 0 Å². The Morgan fingerprint density at radius 2 is 2.04 bits per heavy atom. The van der Waals surface area contributed by atoms with Crippen LogP contribution >= 0.6 is 0 Å². The molecule has 2 aromatic rings. The van der Waals surface area contributed by atoms with Crippen LogP contribution in [0.25, 0.3) is 11.0 Å². The Balaban J connectivity index is 1.96. The number of hydrogen-bond acceptors (Lipinski definition) is 7. The fraction of sp³-hybridized carbons (Fsp3) is 0.438. The van der Waals surface area contributed by atoms with Crippen LogP contribution in [0.15, 0.2) is 24.3 Å². The van der Waals surface area contributed by atoms with Gasteiger partial charge < -0.3 is 0 Å². The van der Waals surface area contributed by atoms with Gasteiger partial charge in [0.25, 0.3) is 5.95 Å². The van der Waals surface area contributed by atoms with Gasteiger partial charge in [-0.25, -0.2) is 10.0 Å². The monoisotopic (exact) mass is 346 g/mol. The number of carbonyl (C=O) groups excluding carboxylic acids is 2. The predicted molar refractivity (Wildman–Crippen MR) is 91.3 cm³/mol. The van der Waals surface area contributed by atoms with E-state index in [1.807, 2.05) is 12.1 Å². The molecule has 0 saturated carbocycles. The highest BCUT2D eigenvalue weighted by molar-refractivity contribution is 5.80. The van der Waals surface area contributed by atoms with E-state index in [-0.39, 0.29) is 24.8 Å². The molecule has 0 aliphatic carbocycles. The molecule has 0 aliphatic rings. The van der Waals surface area contributed by atoms with E-state index in [1.54, 1.807) is 12.1 Å². The minimum absolute atomic E-state index is 0.0719. The summed E-state index contributed by atoms with van der Waals surface area (Å²) in [7, 11) is 0. The molecule has 0 aliphatic heterocycles. The molecule has 0 bridgehead atoms. The first kappa shape index (κ1) is 18.5. The van der Waals surface area contributed by atoms with Gasteiger partial charge in [-0.1, -0.05) is 38.3 Å². The number of carbonyl (C=O) groups is 2. The van der Waals surface area contributed by atoms with E-state index in [2.05, 4.69) is 33.0 Å². The highest BCUT2D eigenvalue weighted by Crippen LogP contribution is 2.12. The van der Waals surface area contributed by atoms with Crippen molar-refractivity contribution in [3.63, 3.8) is 0 Å². The predicted octanol–water partition coefficient (Wildman–Crippen LogP) is 1.51. The van der Waals surface area contributed by atoms with E-state index >= 15 is 0 Å². The van der Waals surface area contributed by atoms with Gasteiger partial charge in [0.2, 0.25) is 12.3 Å². The summed E-state index contributed by atoms with van der Waals surface area (Å²) >= 11 is 0. The van der Waals surface area contributed by atoms with Crippen LogP contribution in [-0.2, 0) is 9.59 Å². The zero-order valence-electron chi connectivity index (χ0n) is 14.1. The molecular formula is C16H22N6O3. The summed E-state index contributed by atoms with van der Waals surface area (Å²) in [5.74, 6) is -0.730. The number of rotatable bonds is 10. The number of hydrogen-bond donors (Lipinski definition) is 3. The lowest BCUT2D eigenvalue weighted by Crippen LogP contribution is -2.40. The molecule has 25 heavy (non-hydrogen) atoms. The first-order valence-corrected chi connectivity index (χ1v) is 8.20. The van der Waals surface area contributed by atoms with Crippen molar-refractivity contribution in [2.45, 2.75) is 32.6 Å². The summed E-state index contributed by atoms with van der Waals surface area (Å²) in [6.45, 7) is 1.99. The van der Waals surface area contributed by atoms with Gasteiger partial charge in [-0.2, -0.15) is 0 Å². The maximum atomic E-state index is 12.3. The lowest BCUT2D eigenvalue weighted by atomic mass is 10.0. The van der Waals surface area contributed by atoms with Gasteiger partial charge in [-0.05, 0) is 18.6 Å². The number of fused-ring (bicyclic) bond motifs is 1. The number of para-hydroxylation sites is 1. The minimum atomic E-state index is -0.539. The Hall–Kier alpha value is -2.81. The van der Waals surface area contributed by atoms with E-state index in [0.717, 1.165) is 19.3 Å². The third-order valence-corrected chi connectivity index (χ3v) is 3.71. The van der Waals surface area contributed by atoms with Crippen LogP contribution in [0, 0.1) is 5.92 Å². The van der Waals surface area contributed by atoms with Gasteiger partial charge in [-0.15, -0.1) is 10.2 Å². The molecule has 2 amide bonds. The molecule has 2 rings (SSSR count). The van der Waals surface area contributed by atoms with E-state index in [1.165, 1.54) is 0 Å². The van der Waals surface area contributed by atoms with Crippen molar-refractivity contribution >= 4 is 29.3 Å². The van der Waals surface area contributed by atoms with Crippen LogP contribution in [-0.4, -0.2) is 44.3 Å². The number of unbranched alkanes of at least 4 members (excludes halogenated alkanes) is 2. The van der Waals surface area contributed by atoms with E-state index < -0.39 is 5.92 Å². The normalized spacial score (nSPS) is 11.8. The fourth-order valence-corrected chi connectivity index (χ4v) is 2.37. The summed E-state index contributed by atoms with van der Waals surface area (Å²) in [6.07, 6.45) is 3.66. The zero-order valence-corrected chi connectivity index (χ0v) is 14.1. The average Bonchev–Trinajstić information content (AvgIpc) is 2.65. The van der Waals surface area contributed by atoms with Crippen molar-refractivity contribution in [2.24, 2.45) is 5.92 Å². The van der Waals surface area contributed by atoms with Crippen molar-refractivity contribution in [1.29, 1.82) is 0 Å². The van der Waals surface area contributed by atoms with Gasteiger partial charge >= 0.3 is 0 Å². The Bertz CT molecular complexity index is 711. The molecule has 0 radical (unpaired) electrons. The Labute approximate surface area is 145 Å². The Morgan fingerprint density at radius 1 is 1.28 bits per heavy atom. The second-order valence-electron chi connectivity index (χ2n) is 5.66. The van der Waals surface area contributed by atoms with E-state index in [9.17, 15) is 14.8 Å². The molecule has 9 heteroatoms. The molecule has 134 valence electrons. The zero-order chi connectivity index (χ0) is 18.1. The number of hydrazine groups is 1. The molecule has 3 N–H and O–H groups in total. The molecule has 0 fully saturated rings. The summed E-state index contributed by atoms with van der Waals surface area (Å²) < 4.78 is 0. The summed E-state index contributed by atoms with van der Waals surface area (Å²) in [5, 5.41) is 17.7. The molecule has 1 aromatic carbocycles. The number of anilines is 1. The Kier molecular flexibility index (Phi) is 7.02. The highest BCUT2D eigenvalue weighted by Gasteiger charge is 2.20. The standard InChI is InChI=1S/C16H22N6O3/c1-2-3-4-7-12(10-22(25)11-23)15(24)19-21-16-17-13-8-5-6-9-14(13)18-20-16/h5-6,8-9,11-12,25H,2-4,7,10H2,1H3,(H,19,24)(H,17,20,21). The molecule has 1 aromatic heterocycles. The van der Waals surface area contributed by atoms with Gasteiger partial charge in [0, 0.05) is 0 Å². The van der Waals surface area contributed by atoms with E-state index in [0.29, 0.717) is 22.5 Å². The third-order valence-electron chi connectivity index (χ3n) is 3.71. The first-order valence-electron chi connectivity index (χ1n) is 8.20. The van der Waals surface area contributed by atoms with Crippen molar-refractivity contribution in [3.8, 4) is 0 Å². The quantitative estimate of drug-likeness (QED) is 0.258. The number of benzene rings is 1. The first-order chi connectivity index (χ1) is 12.1. The van der Waals surface area contributed by atoms with Crippen molar-refractivity contribution in [3.05, 3.63) is 24.3 Å². The number of nitrogens with one attached hydrogen (secondary N) is 2. The van der Waals surface area contributed by atoms with Crippen LogP contribution in [0.1, 0.15) is 32.6 Å². The van der Waals surface area contributed by atoms with Gasteiger partial charge in [0.1, 0.15) is 5.52 Å². The summed E-state index contributed by atoms with van der Waals surface area (Å²) in [6, 6.07) is 7.25. The second kappa shape index (κ2) is 9.48. The van der Waals surface area contributed by atoms with Gasteiger partial charge in [-0.3, -0.25) is 25.6 Å². The maximum Gasteiger partial charge on any atom is 0.262 e. The number of nitrogens with zero attached hydrogens (tertiary/aromatic N) is 4. The van der Waals surface area contributed by atoms with Gasteiger partial charge in [0.15, 0.2) is 0 Å². The highest BCUT2D eigenvalue weighted by atomic mass is 16.5. The van der Waals surface area contributed by atoms with E-state index in [4.69, 9.17) is 0 Å². The minimum Gasteiger partial charge on any atom is -0.286 e. The largest absolute Gasteiger partial charge is 0.286 e. The lowest BCUT2D eigenvalue weighted by Gasteiger charge is -2.19. The molecule has 1 atom stereocenters. The third kappa shape index (κ3) is 5.64. The molecule has 1 heterocycles. The molecule has 0 saturated heterocycles. The summed E-state index contributed by atoms with van der Waals surface area (Å²) in [5.41, 5.74) is 6.44. The average molecular weight is 346 g/mol. The lowest BCUT2D eigenvalue weighted by molar-refractivity contribution is -0.154. The summed E-state index contributed by atoms with van der Waals surface area (Å²) in [4.78, 5) is 27.2. The van der Waals surface area contributed by atoms with Crippen molar-refractivity contribution in [2.75, 3.05) is 12.0 Å². The van der Waals surface area contributed by atoms with Gasteiger partial charge in [0.05, 0.1) is 18.0 Å². The number of hydroxylamine groups is 2. The molecular weight excluding hydrogens is 324 g/mol. The smallest absolute Gasteiger partial charge is 0.262 e. The van der Waals surface area contributed by atoms with Crippen molar-refractivity contribution < 1.29 is 14.8 Å². The molecule has 1 unspecified atom stereocenters. The second-order valence-corrected chi connectivity index (χ2v) is 5.66. The number of aromatic nitrogens is 3. The van der Waals surface area contributed by atoms with Crippen molar-refractivity contribution in [1.82, 2.24) is 25.7 Å². The number of amides is 2. The maximum absolute atomic E-state index is 12.3. The fourth-order valence-electron chi connectivity index (χ4n) is 2.37. The van der Waals surface area contributed by atoms with Crippen LogP contribution in [0.3, 0.4) is 0 Å². The van der Waals surface area contributed by atoms with Crippen LogP contribution in [0.4, 0.5) is 5.95 Å². The molecule has 9 nitrogen and oxygen atoms in total. The van der Waals surface area contributed by atoms with Crippen LogP contribution in [0.5, 0.6) is 0 Å². The van der Waals surface area contributed by atoms with Crippen LogP contribution < -0.4 is 10.9 Å². The topological polar surface area (TPSA) is 120 Å².